The number of amides is 1. The molecule has 0 spiro atoms. The number of anilines is 3. The predicted octanol–water partition coefficient (Wildman–Crippen LogP) is 3.91. The molecule has 166 valence electrons. The van der Waals surface area contributed by atoms with Gasteiger partial charge in [0.2, 0.25) is 11.6 Å². The third-order valence-corrected chi connectivity index (χ3v) is 4.13. The van der Waals surface area contributed by atoms with Crippen molar-refractivity contribution in [1.82, 2.24) is 15.4 Å². The summed E-state index contributed by atoms with van der Waals surface area (Å²) < 4.78 is 43.2. The number of hydrazine groups is 1. The van der Waals surface area contributed by atoms with Crippen LogP contribution in [0.2, 0.25) is 0 Å². The molecule has 0 saturated heterocycles. The first kappa shape index (κ1) is 22.3. The van der Waals surface area contributed by atoms with Crippen molar-refractivity contribution < 1.29 is 27.6 Å². The first-order chi connectivity index (χ1) is 15.2. The number of rotatable bonds is 7. The molecule has 2 aromatic carbocycles. The summed E-state index contributed by atoms with van der Waals surface area (Å²) in [5.41, 5.74) is 3.44. The first-order valence-corrected chi connectivity index (χ1v) is 8.83. The van der Waals surface area contributed by atoms with Crippen LogP contribution in [0.4, 0.5) is 36.2 Å². The lowest BCUT2D eigenvalue weighted by Gasteiger charge is -2.12. The number of ether oxygens (including phenoxy) is 1. The lowest BCUT2D eigenvalue weighted by molar-refractivity contribution is -0.383. The Hall–Kier alpha value is -4.42. The number of benzene rings is 2. The SMILES string of the molecule is COc1ccccc1C(=O)NNc1ncnc(Nc2ccc(C(F)(F)F)cc2)c1[N+](=O)[O-]. The van der Waals surface area contributed by atoms with Gasteiger partial charge in [-0.25, -0.2) is 9.97 Å². The zero-order valence-electron chi connectivity index (χ0n) is 16.3. The third kappa shape index (κ3) is 5.00. The average molecular weight is 448 g/mol. The standard InChI is InChI=1S/C19H15F3N6O4/c1-32-14-5-3-2-4-13(14)18(29)27-26-17-15(28(30)31)16(23-10-24-17)25-12-8-6-11(7-9-12)19(20,21)22/h2-10H,1H3,(H,27,29)(H2,23,24,25,26). The first-order valence-electron chi connectivity index (χ1n) is 8.83. The Morgan fingerprint density at radius 3 is 2.34 bits per heavy atom. The number of nitrogens with one attached hydrogen (secondary N) is 3. The van der Waals surface area contributed by atoms with E-state index in [0.717, 1.165) is 30.6 Å². The number of nitrogens with zero attached hydrogens (tertiary/aromatic N) is 3. The fourth-order valence-electron chi connectivity index (χ4n) is 2.63. The number of hydrogen-bond acceptors (Lipinski definition) is 8. The lowest BCUT2D eigenvalue weighted by Crippen LogP contribution is -2.30. The van der Waals surface area contributed by atoms with Crippen LogP contribution < -0.4 is 20.9 Å². The second kappa shape index (κ2) is 9.16. The van der Waals surface area contributed by atoms with Crippen LogP contribution in [0.5, 0.6) is 5.75 Å². The molecular weight excluding hydrogens is 433 g/mol. The van der Waals surface area contributed by atoms with Crippen molar-refractivity contribution in [1.29, 1.82) is 0 Å². The summed E-state index contributed by atoms with van der Waals surface area (Å²) in [5, 5.41) is 14.2. The quantitative estimate of drug-likeness (QED) is 0.366. The van der Waals surface area contributed by atoms with Crippen molar-refractivity contribution in [3.63, 3.8) is 0 Å². The van der Waals surface area contributed by atoms with Crippen LogP contribution in [0.3, 0.4) is 0 Å². The van der Waals surface area contributed by atoms with Crippen molar-refractivity contribution in [2.45, 2.75) is 6.18 Å². The molecule has 1 aromatic heterocycles. The zero-order valence-corrected chi connectivity index (χ0v) is 16.3. The third-order valence-electron chi connectivity index (χ3n) is 4.13. The Morgan fingerprint density at radius 1 is 1.06 bits per heavy atom. The van der Waals surface area contributed by atoms with Crippen molar-refractivity contribution >= 4 is 28.9 Å². The Bertz CT molecular complexity index is 1140. The predicted molar refractivity (Wildman–Crippen MR) is 107 cm³/mol. The minimum absolute atomic E-state index is 0.129. The number of carbonyl (C=O) groups excluding carboxylic acids is 1. The number of aromatic nitrogens is 2. The molecule has 3 aromatic rings. The van der Waals surface area contributed by atoms with Crippen molar-refractivity contribution in [2.75, 3.05) is 17.9 Å². The van der Waals surface area contributed by atoms with E-state index in [1.807, 2.05) is 0 Å². The lowest BCUT2D eigenvalue weighted by atomic mass is 10.2. The van der Waals surface area contributed by atoms with E-state index in [2.05, 4.69) is 26.1 Å². The Balaban J connectivity index is 1.82. The van der Waals surface area contributed by atoms with Crippen molar-refractivity contribution in [3.8, 4) is 5.75 Å². The summed E-state index contributed by atoms with van der Waals surface area (Å²) in [7, 11) is 1.38. The second-order valence-corrected chi connectivity index (χ2v) is 6.16. The molecule has 3 rings (SSSR count). The molecule has 0 saturated carbocycles. The molecule has 0 atom stereocenters. The number of carbonyl (C=O) groups is 1. The van der Waals surface area contributed by atoms with Gasteiger partial charge in [-0.15, -0.1) is 0 Å². The second-order valence-electron chi connectivity index (χ2n) is 6.16. The van der Waals surface area contributed by atoms with Gasteiger partial charge >= 0.3 is 11.9 Å². The van der Waals surface area contributed by atoms with E-state index < -0.39 is 28.3 Å². The number of halogens is 3. The number of methoxy groups -OCH3 is 1. The molecule has 0 aliphatic rings. The maximum atomic E-state index is 12.7. The summed E-state index contributed by atoms with van der Waals surface area (Å²) >= 11 is 0. The Morgan fingerprint density at radius 2 is 1.72 bits per heavy atom. The van der Waals surface area contributed by atoms with Crippen LogP contribution in [-0.2, 0) is 6.18 Å². The monoisotopic (exact) mass is 448 g/mol. The average Bonchev–Trinajstić information content (AvgIpc) is 2.77. The van der Waals surface area contributed by atoms with Gasteiger partial charge in [0.15, 0.2) is 0 Å². The molecular formula is C19H15F3N6O4. The zero-order chi connectivity index (χ0) is 23.3. The van der Waals surface area contributed by atoms with Gasteiger partial charge in [0.25, 0.3) is 5.91 Å². The van der Waals surface area contributed by atoms with Crippen LogP contribution in [0, 0.1) is 10.1 Å². The maximum Gasteiger partial charge on any atom is 0.416 e. The summed E-state index contributed by atoms with van der Waals surface area (Å²) in [6.07, 6.45) is -3.53. The molecule has 0 fully saturated rings. The molecule has 32 heavy (non-hydrogen) atoms. The van der Waals surface area contributed by atoms with Gasteiger partial charge in [0.05, 0.1) is 23.2 Å². The van der Waals surface area contributed by atoms with E-state index in [4.69, 9.17) is 4.74 Å². The maximum absolute atomic E-state index is 12.7. The molecule has 0 aliphatic heterocycles. The highest BCUT2D eigenvalue weighted by molar-refractivity contribution is 5.97. The van der Waals surface area contributed by atoms with Crippen molar-refractivity contribution in [3.05, 3.63) is 76.1 Å². The number of nitro groups is 1. The summed E-state index contributed by atoms with van der Waals surface area (Å²) in [4.78, 5) is 30.7. The summed E-state index contributed by atoms with van der Waals surface area (Å²) in [6.45, 7) is 0. The summed E-state index contributed by atoms with van der Waals surface area (Å²) in [5.74, 6) is -0.997. The molecule has 0 radical (unpaired) electrons. The van der Waals surface area contributed by atoms with E-state index in [1.165, 1.54) is 13.2 Å². The Labute approximate surface area is 178 Å². The molecule has 0 aliphatic carbocycles. The fraction of sp³-hybridized carbons (Fsp3) is 0.105. The van der Waals surface area contributed by atoms with Crippen LogP contribution >= 0.6 is 0 Å². The number of hydrogen-bond donors (Lipinski definition) is 3. The van der Waals surface area contributed by atoms with Gasteiger partial charge in [-0.3, -0.25) is 25.8 Å². The molecule has 0 bridgehead atoms. The van der Waals surface area contributed by atoms with E-state index in [9.17, 15) is 28.1 Å². The van der Waals surface area contributed by atoms with Gasteiger partial charge < -0.3 is 10.1 Å². The van der Waals surface area contributed by atoms with Crippen LogP contribution in [0.1, 0.15) is 15.9 Å². The van der Waals surface area contributed by atoms with E-state index >= 15 is 0 Å². The highest BCUT2D eigenvalue weighted by Gasteiger charge is 2.30. The number of para-hydroxylation sites is 1. The smallest absolute Gasteiger partial charge is 0.416 e. The van der Waals surface area contributed by atoms with Gasteiger partial charge in [0.1, 0.15) is 12.1 Å². The highest BCUT2D eigenvalue weighted by atomic mass is 19.4. The molecule has 1 amide bonds. The molecule has 3 N–H and O–H groups in total. The van der Waals surface area contributed by atoms with Crippen LogP contribution in [-0.4, -0.2) is 27.9 Å². The Kier molecular flexibility index (Phi) is 6.37. The topological polar surface area (TPSA) is 131 Å². The van der Waals surface area contributed by atoms with Crippen LogP contribution in [0.15, 0.2) is 54.9 Å². The van der Waals surface area contributed by atoms with E-state index in [-0.39, 0.29) is 28.6 Å². The largest absolute Gasteiger partial charge is 0.496 e. The molecule has 10 nitrogen and oxygen atoms in total. The highest BCUT2D eigenvalue weighted by Crippen LogP contribution is 2.33. The van der Waals surface area contributed by atoms with Gasteiger partial charge in [-0.1, -0.05) is 12.1 Å². The normalized spacial score (nSPS) is 10.9. The molecule has 1 heterocycles. The van der Waals surface area contributed by atoms with Gasteiger partial charge in [-0.2, -0.15) is 13.2 Å². The van der Waals surface area contributed by atoms with Gasteiger partial charge in [0, 0.05) is 5.69 Å². The summed E-state index contributed by atoms with van der Waals surface area (Å²) in [6, 6.07) is 10.2. The molecule has 13 heteroatoms. The van der Waals surface area contributed by atoms with Crippen molar-refractivity contribution in [2.24, 2.45) is 0 Å². The molecule has 0 unspecified atom stereocenters. The number of alkyl halides is 3. The van der Waals surface area contributed by atoms with E-state index in [0.29, 0.717) is 0 Å². The minimum Gasteiger partial charge on any atom is -0.496 e. The van der Waals surface area contributed by atoms with Gasteiger partial charge in [-0.05, 0) is 36.4 Å². The van der Waals surface area contributed by atoms with Crippen LogP contribution in [0.25, 0.3) is 0 Å². The minimum atomic E-state index is -4.52. The van der Waals surface area contributed by atoms with E-state index in [1.54, 1.807) is 18.2 Å². The fourth-order valence-corrected chi connectivity index (χ4v) is 2.63.